The molecule has 96 valence electrons. The molecule has 0 bridgehead atoms. The quantitative estimate of drug-likeness (QED) is 0.717. The van der Waals surface area contributed by atoms with Gasteiger partial charge >= 0.3 is 0 Å². The zero-order valence-corrected chi connectivity index (χ0v) is 11.3. The Morgan fingerprint density at radius 3 is 2.53 bits per heavy atom. The third-order valence-corrected chi connectivity index (χ3v) is 3.48. The first-order valence-corrected chi connectivity index (χ1v) is 6.32. The van der Waals surface area contributed by atoms with E-state index in [1.54, 1.807) is 12.1 Å². The third kappa shape index (κ3) is 1.87. The summed E-state index contributed by atoms with van der Waals surface area (Å²) in [5.74, 6) is 0.274. The summed E-state index contributed by atoms with van der Waals surface area (Å²) in [6.07, 6.45) is 0. The summed E-state index contributed by atoms with van der Waals surface area (Å²) in [4.78, 5) is 0. The van der Waals surface area contributed by atoms with Crippen LogP contribution in [0.5, 0.6) is 5.75 Å². The summed E-state index contributed by atoms with van der Waals surface area (Å²) in [5, 5.41) is 15.2. The molecule has 2 aromatic carbocycles. The van der Waals surface area contributed by atoms with Crippen molar-refractivity contribution in [2.45, 2.75) is 20.8 Å². The van der Waals surface area contributed by atoms with Crippen LogP contribution in [0.15, 0.2) is 36.4 Å². The van der Waals surface area contributed by atoms with Crippen molar-refractivity contribution in [3.05, 3.63) is 53.2 Å². The van der Waals surface area contributed by atoms with Crippen molar-refractivity contribution in [2.24, 2.45) is 0 Å². The number of aromatic nitrogens is 2. The van der Waals surface area contributed by atoms with E-state index in [0.29, 0.717) is 0 Å². The SMILES string of the molecule is Cc1ccc(-n2nc3ccc(O)cc3c2C)c(C)c1. The Morgan fingerprint density at radius 2 is 1.79 bits per heavy atom. The number of hydrogen-bond acceptors (Lipinski definition) is 2. The molecule has 0 unspecified atom stereocenters. The third-order valence-electron chi connectivity index (χ3n) is 3.48. The molecule has 0 atom stereocenters. The predicted octanol–water partition coefficient (Wildman–Crippen LogP) is 3.66. The molecule has 1 heterocycles. The molecule has 19 heavy (non-hydrogen) atoms. The lowest BCUT2D eigenvalue weighted by Gasteiger charge is -2.08. The lowest BCUT2D eigenvalue weighted by atomic mass is 10.1. The first-order chi connectivity index (χ1) is 9.06. The van der Waals surface area contributed by atoms with E-state index in [4.69, 9.17) is 0 Å². The van der Waals surface area contributed by atoms with Gasteiger partial charge in [0, 0.05) is 11.1 Å². The molecule has 0 aliphatic heterocycles. The fourth-order valence-electron chi connectivity index (χ4n) is 2.48. The van der Waals surface area contributed by atoms with E-state index in [0.717, 1.165) is 22.3 Å². The highest BCUT2D eigenvalue weighted by Gasteiger charge is 2.11. The lowest BCUT2D eigenvalue weighted by molar-refractivity contribution is 0.476. The van der Waals surface area contributed by atoms with Crippen LogP contribution in [-0.4, -0.2) is 14.9 Å². The smallest absolute Gasteiger partial charge is 0.116 e. The van der Waals surface area contributed by atoms with E-state index < -0.39 is 0 Å². The van der Waals surface area contributed by atoms with Gasteiger partial charge in [-0.05, 0) is 50.6 Å². The van der Waals surface area contributed by atoms with E-state index in [-0.39, 0.29) is 5.75 Å². The van der Waals surface area contributed by atoms with Crippen LogP contribution in [0.1, 0.15) is 16.8 Å². The zero-order chi connectivity index (χ0) is 13.6. The molecule has 3 heteroatoms. The second-order valence-electron chi connectivity index (χ2n) is 4.99. The van der Waals surface area contributed by atoms with Gasteiger partial charge < -0.3 is 5.11 Å². The molecular weight excluding hydrogens is 236 g/mol. The fraction of sp³-hybridized carbons (Fsp3) is 0.188. The maximum Gasteiger partial charge on any atom is 0.116 e. The van der Waals surface area contributed by atoms with Crippen LogP contribution in [0, 0.1) is 20.8 Å². The molecule has 0 amide bonds. The van der Waals surface area contributed by atoms with Crippen LogP contribution < -0.4 is 0 Å². The molecule has 1 N–H and O–H groups in total. The van der Waals surface area contributed by atoms with Crippen LogP contribution in [0.2, 0.25) is 0 Å². The van der Waals surface area contributed by atoms with Gasteiger partial charge in [0.25, 0.3) is 0 Å². The Morgan fingerprint density at radius 1 is 1.00 bits per heavy atom. The lowest BCUT2D eigenvalue weighted by Crippen LogP contribution is -2.01. The number of aromatic hydroxyl groups is 1. The zero-order valence-electron chi connectivity index (χ0n) is 11.3. The van der Waals surface area contributed by atoms with Crippen molar-refractivity contribution in [2.75, 3.05) is 0 Å². The Bertz CT molecular complexity index is 772. The van der Waals surface area contributed by atoms with Crippen LogP contribution in [0.3, 0.4) is 0 Å². The van der Waals surface area contributed by atoms with Crippen molar-refractivity contribution in [3.8, 4) is 11.4 Å². The molecule has 0 fully saturated rings. The normalized spacial score (nSPS) is 11.1. The average molecular weight is 252 g/mol. The molecule has 3 rings (SSSR count). The molecule has 3 nitrogen and oxygen atoms in total. The topological polar surface area (TPSA) is 38.0 Å². The second kappa shape index (κ2) is 4.12. The van der Waals surface area contributed by atoms with Gasteiger partial charge in [-0.25, -0.2) is 4.68 Å². The van der Waals surface area contributed by atoms with Crippen LogP contribution >= 0.6 is 0 Å². The van der Waals surface area contributed by atoms with Gasteiger partial charge in [0.05, 0.1) is 11.2 Å². The summed E-state index contributed by atoms with van der Waals surface area (Å²) in [7, 11) is 0. The number of nitrogens with zero attached hydrogens (tertiary/aromatic N) is 2. The van der Waals surface area contributed by atoms with Crippen LogP contribution in [0.25, 0.3) is 16.6 Å². The van der Waals surface area contributed by atoms with Gasteiger partial charge in [0.2, 0.25) is 0 Å². The van der Waals surface area contributed by atoms with Gasteiger partial charge in [-0.2, -0.15) is 5.10 Å². The Hall–Kier alpha value is -2.29. The number of phenolic OH excluding ortho intramolecular Hbond substituents is 1. The maximum absolute atomic E-state index is 9.59. The molecule has 1 aromatic heterocycles. The highest BCUT2D eigenvalue weighted by Crippen LogP contribution is 2.26. The van der Waals surface area contributed by atoms with Gasteiger partial charge in [-0.15, -0.1) is 0 Å². The van der Waals surface area contributed by atoms with Gasteiger partial charge in [-0.1, -0.05) is 17.7 Å². The van der Waals surface area contributed by atoms with Crippen molar-refractivity contribution in [1.82, 2.24) is 9.78 Å². The minimum atomic E-state index is 0.274. The summed E-state index contributed by atoms with van der Waals surface area (Å²) in [6, 6.07) is 11.6. The maximum atomic E-state index is 9.59. The first-order valence-electron chi connectivity index (χ1n) is 6.32. The molecule has 3 aromatic rings. The molecule has 0 saturated heterocycles. The molecule has 0 saturated carbocycles. The Balaban J connectivity index is 2.28. The van der Waals surface area contributed by atoms with E-state index >= 15 is 0 Å². The van der Waals surface area contributed by atoms with Gasteiger partial charge in [-0.3, -0.25) is 0 Å². The summed E-state index contributed by atoms with van der Waals surface area (Å²) in [5.41, 5.74) is 5.46. The highest BCUT2D eigenvalue weighted by atomic mass is 16.3. The summed E-state index contributed by atoms with van der Waals surface area (Å²) < 4.78 is 1.94. The molecule has 0 aliphatic carbocycles. The highest BCUT2D eigenvalue weighted by molar-refractivity contribution is 5.83. The number of hydrogen-bond donors (Lipinski definition) is 1. The second-order valence-corrected chi connectivity index (χ2v) is 4.99. The monoisotopic (exact) mass is 252 g/mol. The predicted molar refractivity (Wildman–Crippen MR) is 76.9 cm³/mol. The standard InChI is InChI=1S/C16H16N2O/c1-10-4-7-16(11(2)8-10)18-12(3)14-9-13(19)5-6-15(14)17-18/h4-9,19H,1-3H3. The largest absolute Gasteiger partial charge is 0.508 e. The van der Waals surface area contributed by atoms with Gasteiger partial charge in [0.1, 0.15) is 5.75 Å². The summed E-state index contributed by atoms with van der Waals surface area (Å²) >= 11 is 0. The number of fused-ring (bicyclic) bond motifs is 1. The molecular formula is C16H16N2O. The summed E-state index contributed by atoms with van der Waals surface area (Å²) in [6.45, 7) is 6.20. The van der Waals surface area contributed by atoms with E-state index in [1.807, 2.05) is 17.7 Å². The van der Waals surface area contributed by atoms with Crippen LogP contribution in [0.4, 0.5) is 0 Å². The van der Waals surface area contributed by atoms with E-state index in [9.17, 15) is 5.11 Å². The van der Waals surface area contributed by atoms with Crippen LogP contribution in [-0.2, 0) is 0 Å². The first kappa shape index (κ1) is 11.8. The van der Waals surface area contributed by atoms with Crippen molar-refractivity contribution < 1.29 is 5.11 Å². The van der Waals surface area contributed by atoms with Crippen molar-refractivity contribution in [1.29, 1.82) is 0 Å². The number of aryl methyl sites for hydroxylation is 3. The van der Waals surface area contributed by atoms with Crippen molar-refractivity contribution in [3.63, 3.8) is 0 Å². The number of phenols is 1. The minimum absolute atomic E-state index is 0.274. The average Bonchev–Trinajstić information content (AvgIpc) is 2.67. The Kier molecular flexibility index (Phi) is 2.56. The Labute approximate surface area is 112 Å². The number of benzene rings is 2. The number of rotatable bonds is 1. The molecule has 0 spiro atoms. The molecule has 0 aliphatic rings. The van der Waals surface area contributed by atoms with Gasteiger partial charge in [0.15, 0.2) is 0 Å². The van der Waals surface area contributed by atoms with E-state index in [1.165, 1.54) is 11.1 Å². The van der Waals surface area contributed by atoms with Crippen molar-refractivity contribution >= 4 is 10.9 Å². The molecule has 0 radical (unpaired) electrons. The fourth-order valence-corrected chi connectivity index (χ4v) is 2.48. The van der Waals surface area contributed by atoms with E-state index in [2.05, 4.69) is 37.1 Å². The minimum Gasteiger partial charge on any atom is -0.508 e.